The number of nitrogens with zero attached hydrogens (tertiary/aromatic N) is 1. The summed E-state index contributed by atoms with van der Waals surface area (Å²) >= 11 is 4.55. The van der Waals surface area contributed by atoms with E-state index in [1.807, 2.05) is 78.9 Å². The molecule has 0 radical (unpaired) electrons. The van der Waals surface area contributed by atoms with Crippen LogP contribution in [0.15, 0.2) is 88.2 Å². The molecule has 0 saturated carbocycles. The van der Waals surface area contributed by atoms with E-state index in [0.29, 0.717) is 17.2 Å². The van der Waals surface area contributed by atoms with Crippen LogP contribution in [0.4, 0.5) is 5.69 Å². The van der Waals surface area contributed by atoms with Crippen LogP contribution in [0.3, 0.4) is 0 Å². The van der Waals surface area contributed by atoms with Crippen molar-refractivity contribution in [1.82, 2.24) is 0 Å². The number of anilines is 1. The monoisotopic (exact) mass is 464 g/mol. The Kier molecular flexibility index (Phi) is 5.83. The summed E-state index contributed by atoms with van der Waals surface area (Å²) < 4.78 is 6.73. The lowest BCUT2D eigenvalue weighted by molar-refractivity contribution is -0.113. The van der Waals surface area contributed by atoms with Gasteiger partial charge < -0.3 is 4.74 Å². The molecule has 3 aromatic carbocycles. The first-order chi connectivity index (χ1) is 14.1. The van der Waals surface area contributed by atoms with Crippen LogP contribution < -0.4 is 9.64 Å². The largest absolute Gasteiger partial charge is 0.489 e. The number of carbonyl (C=O) groups is 1. The van der Waals surface area contributed by atoms with Gasteiger partial charge in [0.05, 0.1) is 10.6 Å². The molecule has 0 aromatic heterocycles. The van der Waals surface area contributed by atoms with Crippen LogP contribution in [0, 0.1) is 5.41 Å². The number of benzene rings is 3. The average Bonchev–Trinajstić information content (AvgIpc) is 3.02. The van der Waals surface area contributed by atoms with Crippen LogP contribution in [0.2, 0.25) is 0 Å². The number of amidine groups is 1. The number of halogens is 1. The Hall–Kier alpha value is -2.83. The highest BCUT2D eigenvalue weighted by molar-refractivity contribution is 9.10. The molecule has 1 heterocycles. The van der Waals surface area contributed by atoms with Crippen molar-refractivity contribution in [3.05, 3.63) is 99.4 Å². The summed E-state index contributed by atoms with van der Waals surface area (Å²) in [6, 6.07) is 24.9. The highest BCUT2D eigenvalue weighted by Crippen LogP contribution is 2.35. The first-order valence-corrected chi connectivity index (χ1v) is 10.6. The van der Waals surface area contributed by atoms with Crippen molar-refractivity contribution < 1.29 is 9.53 Å². The van der Waals surface area contributed by atoms with Crippen molar-refractivity contribution in [3.8, 4) is 5.75 Å². The van der Waals surface area contributed by atoms with Crippen molar-refractivity contribution in [2.45, 2.75) is 6.61 Å². The fourth-order valence-corrected chi connectivity index (χ4v) is 3.99. The molecular weight excluding hydrogens is 448 g/mol. The van der Waals surface area contributed by atoms with Gasteiger partial charge in [-0.1, -0.05) is 58.4 Å². The number of rotatable bonds is 5. The van der Waals surface area contributed by atoms with Gasteiger partial charge in [0.15, 0.2) is 5.17 Å². The lowest BCUT2D eigenvalue weighted by Gasteiger charge is -2.14. The molecule has 1 aliphatic heterocycles. The van der Waals surface area contributed by atoms with Crippen LogP contribution in [0.1, 0.15) is 11.1 Å². The predicted octanol–water partition coefficient (Wildman–Crippen LogP) is 6.08. The van der Waals surface area contributed by atoms with Crippen LogP contribution in [-0.2, 0) is 11.4 Å². The van der Waals surface area contributed by atoms with E-state index in [4.69, 9.17) is 10.1 Å². The minimum Gasteiger partial charge on any atom is -0.489 e. The second kappa shape index (κ2) is 8.68. The van der Waals surface area contributed by atoms with Gasteiger partial charge in [0.1, 0.15) is 12.4 Å². The number of carbonyl (C=O) groups excluding carboxylic acids is 1. The van der Waals surface area contributed by atoms with Crippen molar-refractivity contribution in [1.29, 1.82) is 5.41 Å². The normalized spacial score (nSPS) is 15.2. The Bertz CT molecular complexity index is 1060. The SMILES string of the molecule is N=C1S/C(=C\c2ccc(OCc3ccccc3)cc2)C(=O)N1c1ccc(Br)cc1. The standard InChI is InChI=1S/C23H17BrN2O2S/c24-18-8-10-19(11-9-18)26-22(27)21(29-23(26)25)14-16-6-12-20(13-7-16)28-15-17-4-2-1-3-5-17/h1-14,25H,15H2/b21-14-,25-23?. The molecule has 0 spiro atoms. The molecule has 0 bridgehead atoms. The first-order valence-electron chi connectivity index (χ1n) is 8.95. The molecule has 4 nitrogen and oxygen atoms in total. The topological polar surface area (TPSA) is 53.4 Å². The number of thioether (sulfide) groups is 1. The number of hydrogen-bond acceptors (Lipinski definition) is 4. The van der Waals surface area contributed by atoms with E-state index >= 15 is 0 Å². The molecule has 1 fully saturated rings. The maximum Gasteiger partial charge on any atom is 0.271 e. The average molecular weight is 465 g/mol. The number of nitrogens with one attached hydrogen (secondary N) is 1. The first kappa shape index (κ1) is 19.5. The van der Waals surface area contributed by atoms with E-state index in [1.54, 1.807) is 6.08 Å². The molecule has 1 N–H and O–H groups in total. The maximum absolute atomic E-state index is 12.8. The summed E-state index contributed by atoms with van der Waals surface area (Å²) in [6.07, 6.45) is 1.81. The van der Waals surface area contributed by atoms with Gasteiger partial charge in [-0.05, 0) is 65.4 Å². The Balaban J connectivity index is 1.45. The Morgan fingerprint density at radius 3 is 2.34 bits per heavy atom. The summed E-state index contributed by atoms with van der Waals surface area (Å²) in [6.45, 7) is 0.509. The molecule has 1 saturated heterocycles. The lowest BCUT2D eigenvalue weighted by Crippen LogP contribution is -2.27. The molecule has 3 aromatic rings. The van der Waals surface area contributed by atoms with Crippen LogP contribution in [0.25, 0.3) is 6.08 Å². The van der Waals surface area contributed by atoms with E-state index in [2.05, 4.69) is 15.9 Å². The molecule has 144 valence electrons. The van der Waals surface area contributed by atoms with Gasteiger partial charge >= 0.3 is 0 Å². The fraction of sp³-hybridized carbons (Fsp3) is 0.0435. The smallest absolute Gasteiger partial charge is 0.271 e. The van der Waals surface area contributed by atoms with E-state index < -0.39 is 0 Å². The molecule has 0 atom stereocenters. The van der Waals surface area contributed by atoms with Crippen LogP contribution >= 0.6 is 27.7 Å². The highest BCUT2D eigenvalue weighted by atomic mass is 79.9. The molecule has 4 rings (SSSR count). The van der Waals surface area contributed by atoms with Gasteiger partial charge in [0, 0.05) is 4.47 Å². The lowest BCUT2D eigenvalue weighted by atomic mass is 10.2. The van der Waals surface area contributed by atoms with Gasteiger partial charge in [0.2, 0.25) is 0 Å². The molecule has 29 heavy (non-hydrogen) atoms. The van der Waals surface area contributed by atoms with Gasteiger partial charge in [-0.25, -0.2) is 0 Å². The van der Waals surface area contributed by atoms with Gasteiger partial charge in [0.25, 0.3) is 5.91 Å². The maximum atomic E-state index is 12.8. The van der Waals surface area contributed by atoms with E-state index in [1.165, 1.54) is 16.7 Å². The van der Waals surface area contributed by atoms with Crippen LogP contribution in [-0.4, -0.2) is 11.1 Å². The predicted molar refractivity (Wildman–Crippen MR) is 122 cm³/mol. The van der Waals surface area contributed by atoms with E-state index in [9.17, 15) is 4.79 Å². The van der Waals surface area contributed by atoms with Gasteiger partial charge in [-0.15, -0.1) is 0 Å². The van der Waals surface area contributed by atoms with Gasteiger partial charge in [-0.3, -0.25) is 15.1 Å². The summed E-state index contributed by atoms with van der Waals surface area (Å²) in [5, 5.41) is 8.39. The van der Waals surface area contributed by atoms with Crippen molar-refractivity contribution >= 4 is 50.5 Å². The highest BCUT2D eigenvalue weighted by Gasteiger charge is 2.33. The third-order valence-electron chi connectivity index (χ3n) is 4.33. The second-order valence-electron chi connectivity index (χ2n) is 6.38. The number of ether oxygens (including phenoxy) is 1. The second-order valence-corrected chi connectivity index (χ2v) is 8.32. The zero-order chi connectivity index (χ0) is 20.2. The zero-order valence-corrected chi connectivity index (χ0v) is 17.7. The molecule has 0 aliphatic carbocycles. The molecular formula is C23H17BrN2O2S. The van der Waals surface area contributed by atoms with Crippen LogP contribution in [0.5, 0.6) is 5.75 Å². The molecule has 6 heteroatoms. The van der Waals surface area contributed by atoms with Crippen molar-refractivity contribution in [3.63, 3.8) is 0 Å². The third-order valence-corrected chi connectivity index (χ3v) is 5.75. The van der Waals surface area contributed by atoms with Crippen molar-refractivity contribution in [2.24, 2.45) is 0 Å². The summed E-state index contributed by atoms with van der Waals surface area (Å²) in [5.41, 5.74) is 2.68. The number of hydrogen-bond donors (Lipinski definition) is 1. The third kappa shape index (κ3) is 4.60. The Labute approximate surface area is 181 Å². The van der Waals surface area contributed by atoms with E-state index in [-0.39, 0.29) is 11.1 Å². The minimum absolute atomic E-state index is 0.188. The summed E-state index contributed by atoms with van der Waals surface area (Å²) in [7, 11) is 0. The zero-order valence-electron chi connectivity index (χ0n) is 15.3. The van der Waals surface area contributed by atoms with Crippen molar-refractivity contribution in [2.75, 3.05) is 4.90 Å². The minimum atomic E-state index is -0.188. The Morgan fingerprint density at radius 1 is 0.966 bits per heavy atom. The summed E-state index contributed by atoms with van der Waals surface area (Å²) in [4.78, 5) is 14.7. The molecule has 1 amide bonds. The molecule has 1 aliphatic rings. The fourth-order valence-electron chi connectivity index (χ4n) is 2.86. The Morgan fingerprint density at radius 2 is 1.66 bits per heavy atom. The quantitative estimate of drug-likeness (QED) is 0.465. The number of amides is 1. The van der Waals surface area contributed by atoms with E-state index in [0.717, 1.165) is 21.3 Å². The summed E-state index contributed by atoms with van der Waals surface area (Å²) in [5.74, 6) is 0.581. The molecule has 0 unspecified atom stereocenters. The van der Waals surface area contributed by atoms with Gasteiger partial charge in [-0.2, -0.15) is 0 Å².